The van der Waals surface area contributed by atoms with Crippen LogP contribution in [0.1, 0.15) is 75.2 Å². The second-order valence-electron chi connectivity index (χ2n) is 7.19. The Bertz CT molecular complexity index is 288. The van der Waals surface area contributed by atoms with Crippen LogP contribution < -0.4 is 0 Å². The molecule has 0 amide bonds. The number of rotatable bonds is 3. The zero-order chi connectivity index (χ0) is 20.2. The summed E-state index contributed by atoms with van der Waals surface area (Å²) in [4.78, 5) is 4.37. The maximum absolute atomic E-state index is 13.2. The van der Waals surface area contributed by atoms with Crippen LogP contribution in [0.25, 0.3) is 0 Å². The fourth-order valence-electron chi connectivity index (χ4n) is 3.90. The van der Waals surface area contributed by atoms with Crippen molar-refractivity contribution in [2.45, 2.75) is 99.6 Å². The van der Waals surface area contributed by atoms with Crippen molar-refractivity contribution in [1.82, 2.24) is 9.80 Å². The molecule has 0 saturated carbocycles. The molecule has 0 aromatic carbocycles. The summed E-state index contributed by atoms with van der Waals surface area (Å²) >= 11 is 0. The summed E-state index contributed by atoms with van der Waals surface area (Å²) in [5, 5.41) is 0. The van der Waals surface area contributed by atoms with Gasteiger partial charge in [0.25, 0.3) is 0 Å². The third-order valence-corrected chi connectivity index (χ3v) is 4.89. The molecule has 0 radical (unpaired) electrons. The van der Waals surface area contributed by atoms with Crippen LogP contribution in [0.15, 0.2) is 0 Å². The SMILES string of the molecule is CC.CC.CC(C)C1C(F)CCN1C.CCN1CCC(F)C1C(C)C. The second-order valence-corrected chi connectivity index (χ2v) is 7.19. The lowest BCUT2D eigenvalue weighted by molar-refractivity contribution is 0.155. The van der Waals surface area contributed by atoms with Gasteiger partial charge >= 0.3 is 0 Å². The Morgan fingerprint density at radius 2 is 1.20 bits per heavy atom. The minimum absolute atomic E-state index is 0.167. The summed E-state index contributed by atoms with van der Waals surface area (Å²) in [5.74, 6) is 0.898. The molecule has 2 rings (SSSR count). The van der Waals surface area contributed by atoms with Gasteiger partial charge in [0.05, 0.1) is 0 Å². The molecule has 2 aliphatic rings. The molecular formula is C21H46F2N2. The number of likely N-dealkylation sites (tertiary alicyclic amines) is 2. The third kappa shape index (κ3) is 8.81. The standard InChI is InChI=1S/C9H18FN.C8H16FN.2C2H6/c1-4-11-6-5-8(10)9(11)7(2)3;1-6(2)8-7(9)4-5-10(8)3;2*1-2/h7-9H,4-6H2,1-3H3;6-8H,4-5H2,1-3H3;2*1-2H3. The first-order chi connectivity index (χ1) is 11.8. The summed E-state index contributed by atoms with van der Waals surface area (Å²) in [6.07, 6.45) is 0.274. The normalized spacial score (nSPS) is 29.5. The predicted molar refractivity (Wildman–Crippen MR) is 109 cm³/mol. The van der Waals surface area contributed by atoms with E-state index in [2.05, 4.69) is 44.4 Å². The minimum Gasteiger partial charge on any atom is -0.300 e. The van der Waals surface area contributed by atoms with Crippen molar-refractivity contribution in [3.05, 3.63) is 0 Å². The smallest absolute Gasteiger partial charge is 0.117 e. The van der Waals surface area contributed by atoms with Gasteiger partial charge in [0.2, 0.25) is 0 Å². The zero-order valence-corrected chi connectivity index (χ0v) is 18.6. The van der Waals surface area contributed by atoms with Gasteiger partial charge < -0.3 is 4.90 Å². The van der Waals surface area contributed by atoms with Gasteiger partial charge in [0, 0.05) is 25.2 Å². The molecule has 0 aromatic rings. The lowest BCUT2D eigenvalue weighted by Gasteiger charge is -2.27. The first-order valence-electron chi connectivity index (χ1n) is 10.5. The molecule has 0 aliphatic carbocycles. The van der Waals surface area contributed by atoms with E-state index in [0.717, 1.165) is 32.5 Å². The second kappa shape index (κ2) is 14.9. The highest BCUT2D eigenvalue weighted by Gasteiger charge is 2.35. The Hall–Kier alpha value is -0.220. The average molecular weight is 365 g/mol. The van der Waals surface area contributed by atoms with Crippen molar-refractivity contribution >= 4 is 0 Å². The highest BCUT2D eigenvalue weighted by atomic mass is 19.1. The largest absolute Gasteiger partial charge is 0.300 e. The number of hydrogen-bond donors (Lipinski definition) is 0. The molecule has 2 saturated heterocycles. The van der Waals surface area contributed by atoms with E-state index in [1.165, 1.54) is 0 Å². The Kier molecular flexibility index (Phi) is 16.1. The summed E-state index contributed by atoms with van der Waals surface area (Å²) in [6.45, 7) is 21.3. The van der Waals surface area contributed by atoms with Crippen LogP contribution in [-0.4, -0.2) is 60.9 Å². The molecule has 0 aromatic heterocycles. The fraction of sp³-hybridized carbons (Fsp3) is 1.00. The lowest BCUT2D eigenvalue weighted by Crippen LogP contribution is -2.37. The van der Waals surface area contributed by atoms with E-state index in [4.69, 9.17) is 0 Å². The highest BCUT2D eigenvalue weighted by Crippen LogP contribution is 2.26. The van der Waals surface area contributed by atoms with Crippen molar-refractivity contribution in [1.29, 1.82) is 0 Å². The molecule has 4 heteroatoms. The first-order valence-corrected chi connectivity index (χ1v) is 10.5. The first kappa shape index (κ1) is 27.0. The Morgan fingerprint density at radius 3 is 1.44 bits per heavy atom. The Labute approximate surface area is 157 Å². The number of alkyl halides is 2. The topological polar surface area (TPSA) is 6.48 Å². The van der Waals surface area contributed by atoms with Gasteiger partial charge in [-0.3, -0.25) is 4.90 Å². The van der Waals surface area contributed by atoms with E-state index in [-0.39, 0.29) is 12.1 Å². The molecule has 4 unspecified atom stereocenters. The van der Waals surface area contributed by atoms with E-state index < -0.39 is 12.3 Å². The quantitative estimate of drug-likeness (QED) is 0.623. The fourth-order valence-corrected chi connectivity index (χ4v) is 3.90. The van der Waals surface area contributed by atoms with Gasteiger partial charge in [-0.25, -0.2) is 8.78 Å². The van der Waals surface area contributed by atoms with Crippen molar-refractivity contribution < 1.29 is 8.78 Å². The predicted octanol–water partition coefficient (Wildman–Crippen LogP) is 5.81. The van der Waals surface area contributed by atoms with Gasteiger partial charge in [0.1, 0.15) is 12.3 Å². The van der Waals surface area contributed by atoms with Gasteiger partial charge in [0.15, 0.2) is 0 Å². The molecular weight excluding hydrogens is 318 g/mol. The number of nitrogens with zero attached hydrogens (tertiary/aromatic N) is 2. The van der Waals surface area contributed by atoms with Crippen molar-refractivity contribution in [2.24, 2.45) is 11.8 Å². The summed E-state index contributed by atoms with van der Waals surface area (Å²) < 4.78 is 26.3. The maximum Gasteiger partial charge on any atom is 0.117 e. The summed E-state index contributed by atoms with van der Waals surface area (Å²) in [7, 11) is 2.00. The Morgan fingerprint density at radius 1 is 0.800 bits per heavy atom. The van der Waals surface area contributed by atoms with E-state index in [9.17, 15) is 8.78 Å². The van der Waals surface area contributed by atoms with Crippen LogP contribution in [-0.2, 0) is 0 Å². The van der Waals surface area contributed by atoms with Gasteiger partial charge in [-0.05, 0) is 38.3 Å². The molecule has 154 valence electrons. The molecule has 25 heavy (non-hydrogen) atoms. The minimum atomic E-state index is -0.593. The lowest BCUT2D eigenvalue weighted by atomic mass is 10.0. The average Bonchev–Trinajstić information content (AvgIpc) is 3.13. The molecule has 4 atom stereocenters. The van der Waals surface area contributed by atoms with Crippen LogP contribution in [0.4, 0.5) is 8.78 Å². The molecule has 2 fully saturated rings. The van der Waals surface area contributed by atoms with Crippen molar-refractivity contribution in [2.75, 3.05) is 26.7 Å². The van der Waals surface area contributed by atoms with Crippen LogP contribution in [0.2, 0.25) is 0 Å². The van der Waals surface area contributed by atoms with Crippen LogP contribution in [0, 0.1) is 11.8 Å². The molecule has 0 N–H and O–H groups in total. The molecule has 0 spiro atoms. The van der Waals surface area contributed by atoms with Gasteiger partial charge in [-0.15, -0.1) is 0 Å². The molecule has 0 bridgehead atoms. The number of hydrogen-bond acceptors (Lipinski definition) is 2. The molecule has 2 heterocycles. The van der Waals surface area contributed by atoms with E-state index >= 15 is 0 Å². The monoisotopic (exact) mass is 364 g/mol. The van der Waals surface area contributed by atoms with E-state index in [0.29, 0.717) is 11.8 Å². The van der Waals surface area contributed by atoms with Crippen molar-refractivity contribution in [3.63, 3.8) is 0 Å². The summed E-state index contributed by atoms with van der Waals surface area (Å²) in [5.41, 5.74) is 0. The van der Waals surface area contributed by atoms with Gasteiger partial charge in [-0.2, -0.15) is 0 Å². The maximum atomic E-state index is 13.2. The van der Waals surface area contributed by atoms with Crippen LogP contribution in [0.5, 0.6) is 0 Å². The highest BCUT2D eigenvalue weighted by molar-refractivity contribution is 4.88. The van der Waals surface area contributed by atoms with Crippen LogP contribution >= 0.6 is 0 Å². The van der Waals surface area contributed by atoms with E-state index in [1.54, 1.807) is 0 Å². The molecule has 2 aliphatic heterocycles. The third-order valence-electron chi connectivity index (χ3n) is 4.89. The zero-order valence-electron chi connectivity index (χ0n) is 18.6. The van der Waals surface area contributed by atoms with E-state index in [1.807, 2.05) is 34.7 Å². The Balaban J connectivity index is 0. The van der Waals surface area contributed by atoms with Gasteiger partial charge in [-0.1, -0.05) is 62.3 Å². The van der Waals surface area contributed by atoms with Crippen LogP contribution in [0.3, 0.4) is 0 Å². The van der Waals surface area contributed by atoms with Crippen molar-refractivity contribution in [3.8, 4) is 0 Å². The summed E-state index contributed by atoms with van der Waals surface area (Å²) in [6, 6.07) is 0.347. The number of halogens is 2. The molecule has 2 nitrogen and oxygen atoms in total.